The molecule has 5 atom stereocenters. The molecule has 3 rings (SSSR count). The SMILES string of the molecule is CC1CCCC2C(=O)N(C3CCCC3O)C(=O)C12. The number of likely N-dealkylation sites (tertiary alicyclic amines) is 1. The van der Waals surface area contributed by atoms with Crippen LogP contribution in [0.25, 0.3) is 0 Å². The van der Waals surface area contributed by atoms with Crippen molar-refractivity contribution in [1.82, 2.24) is 4.90 Å². The number of aliphatic hydroxyl groups excluding tert-OH is 1. The average Bonchev–Trinajstić information content (AvgIpc) is 2.84. The lowest BCUT2D eigenvalue weighted by molar-refractivity contribution is -0.145. The van der Waals surface area contributed by atoms with Crippen molar-refractivity contribution in [2.75, 3.05) is 0 Å². The van der Waals surface area contributed by atoms with Gasteiger partial charge >= 0.3 is 0 Å². The second-order valence-electron chi connectivity index (χ2n) is 6.15. The molecule has 2 aliphatic carbocycles. The van der Waals surface area contributed by atoms with Crippen molar-refractivity contribution in [3.63, 3.8) is 0 Å². The fraction of sp³-hybridized carbons (Fsp3) is 0.857. The van der Waals surface area contributed by atoms with Gasteiger partial charge in [0.15, 0.2) is 0 Å². The highest BCUT2D eigenvalue weighted by atomic mass is 16.3. The zero-order valence-electron chi connectivity index (χ0n) is 10.8. The quantitative estimate of drug-likeness (QED) is 0.715. The highest BCUT2D eigenvalue weighted by Gasteiger charge is 2.54. The van der Waals surface area contributed by atoms with Crippen LogP contribution in [-0.4, -0.2) is 34.0 Å². The molecule has 3 aliphatic rings. The minimum Gasteiger partial charge on any atom is -0.391 e. The number of imide groups is 1. The molecule has 4 heteroatoms. The molecule has 2 amide bonds. The molecule has 5 unspecified atom stereocenters. The molecule has 4 nitrogen and oxygen atoms in total. The Hall–Kier alpha value is -0.900. The van der Waals surface area contributed by atoms with Crippen LogP contribution in [0.15, 0.2) is 0 Å². The Morgan fingerprint density at radius 3 is 2.39 bits per heavy atom. The van der Waals surface area contributed by atoms with Crippen LogP contribution < -0.4 is 0 Å². The topological polar surface area (TPSA) is 57.6 Å². The largest absolute Gasteiger partial charge is 0.391 e. The lowest BCUT2D eigenvalue weighted by atomic mass is 9.74. The first-order chi connectivity index (χ1) is 8.61. The fourth-order valence-electron chi connectivity index (χ4n) is 4.10. The Morgan fingerprint density at radius 1 is 1.06 bits per heavy atom. The number of hydrogen-bond donors (Lipinski definition) is 1. The molecule has 1 saturated heterocycles. The molecular weight excluding hydrogens is 230 g/mol. The van der Waals surface area contributed by atoms with Gasteiger partial charge in [0.25, 0.3) is 0 Å². The third-order valence-corrected chi connectivity index (χ3v) is 5.07. The molecule has 1 aliphatic heterocycles. The predicted molar refractivity (Wildman–Crippen MR) is 65.5 cm³/mol. The Bertz CT molecular complexity index is 381. The van der Waals surface area contributed by atoms with E-state index in [1.807, 2.05) is 0 Å². The van der Waals surface area contributed by atoms with Gasteiger partial charge in [0.2, 0.25) is 11.8 Å². The predicted octanol–water partition coefficient (Wildman–Crippen LogP) is 1.32. The Labute approximate surface area is 107 Å². The molecule has 1 N–H and O–H groups in total. The van der Waals surface area contributed by atoms with Crippen molar-refractivity contribution in [3.8, 4) is 0 Å². The van der Waals surface area contributed by atoms with Crippen LogP contribution in [0.4, 0.5) is 0 Å². The van der Waals surface area contributed by atoms with E-state index in [1.54, 1.807) is 0 Å². The van der Waals surface area contributed by atoms with Gasteiger partial charge < -0.3 is 5.11 Å². The second kappa shape index (κ2) is 4.34. The van der Waals surface area contributed by atoms with Crippen molar-refractivity contribution in [2.45, 2.75) is 57.6 Å². The molecule has 0 aromatic heterocycles. The first kappa shape index (κ1) is 12.2. The van der Waals surface area contributed by atoms with E-state index in [1.165, 1.54) is 4.90 Å². The smallest absolute Gasteiger partial charge is 0.233 e. The summed E-state index contributed by atoms with van der Waals surface area (Å²) in [5, 5.41) is 9.94. The molecular formula is C14H21NO3. The summed E-state index contributed by atoms with van der Waals surface area (Å²) < 4.78 is 0. The van der Waals surface area contributed by atoms with Crippen molar-refractivity contribution >= 4 is 11.8 Å². The number of carbonyl (C=O) groups excluding carboxylic acids is 2. The molecule has 18 heavy (non-hydrogen) atoms. The van der Waals surface area contributed by atoms with Crippen LogP contribution in [-0.2, 0) is 9.59 Å². The van der Waals surface area contributed by atoms with Crippen molar-refractivity contribution in [3.05, 3.63) is 0 Å². The molecule has 100 valence electrons. The van der Waals surface area contributed by atoms with Gasteiger partial charge in [0.1, 0.15) is 0 Å². The van der Waals surface area contributed by atoms with Gasteiger partial charge in [-0.3, -0.25) is 14.5 Å². The zero-order valence-corrected chi connectivity index (χ0v) is 10.8. The normalized spacial score (nSPS) is 44.6. The Balaban J connectivity index is 1.88. The first-order valence-electron chi connectivity index (χ1n) is 7.16. The zero-order chi connectivity index (χ0) is 12.9. The molecule has 0 aromatic rings. The summed E-state index contributed by atoms with van der Waals surface area (Å²) >= 11 is 0. The standard InChI is InChI=1S/C14H21NO3/c1-8-4-2-5-9-12(8)14(18)15(13(9)17)10-6-3-7-11(10)16/h8-12,16H,2-7H2,1H3. The molecule has 3 fully saturated rings. The van der Waals surface area contributed by atoms with E-state index in [2.05, 4.69) is 6.92 Å². The third-order valence-electron chi connectivity index (χ3n) is 5.07. The summed E-state index contributed by atoms with van der Waals surface area (Å²) in [4.78, 5) is 26.3. The number of hydrogen-bond acceptors (Lipinski definition) is 3. The van der Waals surface area contributed by atoms with E-state index in [0.29, 0.717) is 12.3 Å². The fourth-order valence-corrected chi connectivity index (χ4v) is 4.10. The lowest BCUT2D eigenvalue weighted by Gasteiger charge is -2.27. The summed E-state index contributed by atoms with van der Waals surface area (Å²) in [5.74, 6) is 0.0718. The van der Waals surface area contributed by atoms with Gasteiger partial charge in [-0.05, 0) is 38.0 Å². The highest BCUT2D eigenvalue weighted by Crippen LogP contribution is 2.43. The van der Waals surface area contributed by atoms with Gasteiger partial charge in [-0.1, -0.05) is 13.3 Å². The van der Waals surface area contributed by atoms with Crippen LogP contribution in [0, 0.1) is 17.8 Å². The molecule has 0 radical (unpaired) electrons. The molecule has 0 spiro atoms. The van der Waals surface area contributed by atoms with Gasteiger partial charge in [0.05, 0.1) is 24.0 Å². The van der Waals surface area contributed by atoms with Crippen LogP contribution in [0.1, 0.15) is 45.4 Å². The van der Waals surface area contributed by atoms with E-state index in [9.17, 15) is 14.7 Å². The molecule has 1 heterocycles. The second-order valence-corrected chi connectivity index (χ2v) is 6.15. The van der Waals surface area contributed by atoms with E-state index in [4.69, 9.17) is 0 Å². The minimum absolute atomic E-state index is 0.0110. The molecule has 0 bridgehead atoms. The van der Waals surface area contributed by atoms with E-state index in [0.717, 1.165) is 32.1 Å². The van der Waals surface area contributed by atoms with Gasteiger partial charge in [0, 0.05) is 0 Å². The first-order valence-corrected chi connectivity index (χ1v) is 7.16. The average molecular weight is 251 g/mol. The van der Waals surface area contributed by atoms with Gasteiger partial charge in [-0.2, -0.15) is 0 Å². The summed E-state index contributed by atoms with van der Waals surface area (Å²) in [5.41, 5.74) is 0. The van der Waals surface area contributed by atoms with E-state index >= 15 is 0 Å². The van der Waals surface area contributed by atoms with Crippen LogP contribution in [0.2, 0.25) is 0 Å². The maximum Gasteiger partial charge on any atom is 0.233 e. The number of fused-ring (bicyclic) bond motifs is 1. The van der Waals surface area contributed by atoms with E-state index < -0.39 is 6.10 Å². The van der Waals surface area contributed by atoms with Gasteiger partial charge in [-0.15, -0.1) is 0 Å². The van der Waals surface area contributed by atoms with Gasteiger partial charge in [-0.25, -0.2) is 0 Å². The summed E-state index contributed by atoms with van der Waals surface area (Å²) in [6.45, 7) is 2.08. The Kier molecular flexibility index (Phi) is 2.93. The third kappa shape index (κ3) is 1.62. The van der Waals surface area contributed by atoms with E-state index in [-0.39, 0.29) is 29.7 Å². The number of rotatable bonds is 1. The van der Waals surface area contributed by atoms with Crippen LogP contribution in [0.5, 0.6) is 0 Å². The molecule has 2 saturated carbocycles. The Morgan fingerprint density at radius 2 is 1.78 bits per heavy atom. The monoisotopic (exact) mass is 251 g/mol. The number of aliphatic hydroxyl groups is 1. The van der Waals surface area contributed by atoms with Crippen LogP contribution >= 0.6 is 0 Å². The summed E-state index contributed by atoms with van der Waals surface area (Å²) in [7, 11) is 0. The molecule has 0 aromatic carbocycles. The summed E-state index contributed by atoms with van der Waals surface area (Å²) in [6, 6.07) is -0.247. The van der Waals surface area contributed by atoms with Crippen molar-refractivity contribution in [2.24, 2.45) is 17.8 Å². The highest BCUT2D eigenvalue weighted by molar-refractivity contribution is 6.05. The maximum atomic E-state index is 12.5. The minimum atomic E-state index is -0.506. The number of carbonyl (C=O) groups is 2. The maximum absolute atomic E-state index is 12.5. The van der Waals surface area contributed by atoms with Crippen molar-refractivity contribution < 1.29 is 14.7 Å². The van der Waals surface area contributed by atoms with Crippen LogP contribution in [0.3, 0.4) is 0 Å². The number of nitrogens with zero attached hydrogens (tertiary/aromatic N) is 1. The number of amides is 2. The van der Waals surface area contributed by atoms with Crippen molar-refractivity contribution in [1.29, 1.82) is 0 Å². The lowest BCUT2D eigenvalue weighted by Crippen LogP contribution is -2.45. The summed E-state index contributed by atoms with van der Waals surface area (Å²) in [6.07, 6.45) is 4.82.